The average molecular weight is 504 g/mol. The number of hydrogen-bond donors (Lipinski definition) is 0. The van der Waals surface area contributed by atoms with E-state index in [1.807, 2.05) is 0 Å². The van der Waals surface area contributed by atoms with Crippen LogP contribution >= 0.6 is 0 Å². The highest BCUT2D eigenvalue weighted by atomic mass is 19.2. The van der Waals surface area contributed by atoms with Crippen LogP contribution in [0, 0.1) is 46.5 Å². The van der Waals surface area contributed by atoms with Crippen molar-refractivity contribution in [3.63, 3.8) is 0 Å². The highest BCUT2D eigenvalue weighted by Gasteiger charge is 2.31. The van der Waals surface area contributed by atoms with Gasteiger partial charge in [0.1, 0.15) is 23.2 Å². The van der Waals surface area contributed by atoms with E-state index in [2.05, 4.69) is 0 Å². The van der Waals surface area contributed by atoms with Gasteiger partial charge in [-0.25, -0.2) is 35.1 Å². The molecule has 5 rings (SSSR count). The Kier molecular flexibility index (Phi) is 5.58. The summed E-state index contributed by atoms with van der Waals surface area (Å²) in [6.45, 7) is 0. The van der Waals surface area contributed by atoms with Crippen molar-refractivity contribution in [1.82, 2.24) is 0 Å². The Labute approximate surface area is 198 Å². The lowest BCUT2D eigenvalue weighted by Crippen LogP contribution is -2.06. The number of hydrogen-bond acceptors (Lipinski definition) is 1. The fourth-order valence-electron chi connectivity index (χ4n) is 4.39. The van der Waals surface area contributed by atoms with Crippen molar-refractivity contribution in [3.05, 3.63) is 101 Å². The summed E-state index contributed by atoms with van der Waals surface area (Å²) in [6, 6.07) is 10.3. The van der Waals surface area contributed by atoms with Gasteiger partial charge in [0.05, 0.1) is 12.7 Å². The molecule has 0 amide bonds. The molecule has 36 heavy (non-hydrogen) atoms. The molecule has 0 spiro atoms. The maximum Gasteiger partial charge on any atom is 0.200 e. The van der Waals surface area contributed by atoms with Gasteiger partial charge in [-0.2, -0.15) is 0 Å². The zero-order chi connectivity index (χ0) is 25.9. The van der Waals surface area contributed by atoms with Gasteiger partial charge in [0.2, 0.25) is 5.82 Å². The van der Waals surface area contributed by atoms with Gasteiger partial charge in [-0.05, 0) is 52.7 Å². The summed E-state index contributed by atoms with van der Waals surface area (Å²) in [5, 5.41) is -1.67. The molecular formula is C27H12F8O. The topological polar surface area (TPSA) is 9.23 Å². The second kappa shape index (κ2) is 8.51. The minimum absolute atomic E-state index is 0.0162. The number of rotatable bonds is 3. The van der Waals surface area contributed by atoms with E-state index >= 15 is 8.78 Å². The third-order valence-corrected chi connectivity index (χ3v) is 5.96. The first-order chi connectivity index (χ1) is 17.1. The van der Waals surface area contributed by atoms with Gasteiger partial charge < -0.3 is 4.74 Å². The molecule has 0 fully saturated rings. The molecule has 0 N–H and O–H groups in total. The smallest absolute Gasteiger partial charge is 0.200 e. The SMILES string of the molecule is COc1ccc(-c2c3ccc(F)cc3c(-c3c(F)c(F)c(F)c(F)c3F)c3c(F)ccc(F)c23)cc1. The Morgan fingerprint density at radius 3 is 1.58 bits per heavy atom. The molecule has 5 aromatic carbocycles. The first-order valence-corrected chi connectivity index (χ1v) is 10.3. The molecule has 0 unspecified atom stereocenters. The van der Waals surface area contributed by atoms with Crippen LogP contribution in [-0.4, -0.2) is 7.11 Å². The predicted octanol–water partition coefficient (Wildman–Crippen LogP) is 8.45. The maximum atomic E-state index is 15.3. The van der Waals surface area contributed by atoms with E-state index in [0.29, 0.717) is 17.4 Å². The van der Waals surface area contributed by atoms with Gasteiger partial charge in [0.25, 0.3) is 0 Å². The first kappa shape index (κ1) is 23.6. The minimum atomic E-state index is -2.42. The van der Waals surface area contributed by atoms with Crippen LogP contribution in [0.4, 0.5) is 35.1 Å². The van der Waals surface area contributed by atoms with Crippen LogP contribution in [0.5, 0.6) is 5.75 Å². The second-order valence-corrected chi connectivity index (χ2v) is 7.89. The van der Waals surface area contributed by atoms with E-state index in [4.69, 9.17) is 4.74 Å². The van der Waals surface area contributed by atoms with Crippen LogP contribution in [0.3, 0.4) is 0 Å². The molecule has 0 radical (unpaired) electrons. The largest absolute Gasteiger partial charge is 0.497 e. The highest BCUT2D eigenvalue weighted by Crippen LogP contribution is 2.47. The van der Waals surface area contributed by atoms with Crippen molar-refractivity contribution in [1.29, 1.82) is 0 Å². The van der Waals surface area contributed by atoms with Crippen molar-refractivity contribution >= 4 is 21.5 Å². The molecule has 0 saturated carbocycles. The number of benzene rings is 5. The summed E-state index contributed by atoms with van der Waals surface area (Å²) < 4.78 is 122. The van der Waals surface area contributed by atoms with Crippen LogP contribution in [0.1, 0.15) is 0 Å². The molecular weight excluding hydrogens is 492 g/mol. The minimum Gasteiger partial charge on any atom is -0.497 e. The second-order valence-electron chi connectivity index (χ2n) is 7.89. The lowest BCUT2D eigenvalue weighted by atomic mass is 9.85. The molecule has 0 aliphatic carbocycles. The van der Waals surface area contributed by atoms with E-state index in [9.17, 15) is 26.3 Å². The molecule has 0 atom stereocenters. The van der Waals surface area contributed by atoms with Crippen molar-refractivity contribution in [2.24, 2.45) is 0 Å². The summed E-state index contributed by atoms with van der Waals surface area (Å²) in [6.07, 6.45) is 0. The summed E-state index contributed by atoms with van der Waals surface area (Å²) in [7, 11) is 1.41. The van der Waals surface area contributed by atoms with Gasteiger partial charge in [-0.15, -0.1) is 0 Å². The molecule has 5 aromatic rings. The molecule has 0 bridgehead atoms. The Balaban J connectivity index is 2.09. The predicted molar refractivity (Wildman–Crippen MR) is 119 cm³/mol. The fraction of sp³-hybridized carbons (Fsp3) is 0.0370. The van der Waals surface area contributed by atoms with Crippen LogP contribution in [0.2, 0.25) is 0 Å². The normalized spacial score (nSPS) is 11.5. The van der Waals surface area contributed by atoms with Gasteiger partial charge in [-0.3, -0.25) is 0 Å². The van der Waals surface area contributed by atoms with E-state index in [-0.39, 0.29) is 16.3 Å². The van der Waals surface area contributed by atoms with E-state index in [1.165, 1.54) is 31.4 Å². The Morgan fingerprint density at radius 1 is 0.500 bits per heavy atom. The first-order valence-electron chi connectivity index (χ1n) is 10.3. The molecule has 0 aromatic heterocycles. The zero-order valence-electron chi connectivity index (χ0n) is 18.1. The van der Waals surface area contributed by atoms with Gasteiger partial charge in [0, 0.05) is 21.9 Å². The Hall–Kier alpha value is -4.14. The molecule has 0 aliphatic rings. The van der Waals surface area contributed by atoms with Gasteiger partial charge >= 0.3 is 0 Å². The van der Waals surface area contributed by atoms with Gasteiger partial charge in [0.15, 0.2) is 23.3 Å². The third-order valence-electron chi connectivity index (χ3n) is 5.96. The number of halogens is 8. The zero-order valence-corrected chi connectivity index (χ0v) is 18.1. The van der Waals surface area contributed by atoms with Crippen LogP contribution < -0.4 is 4.74 Å². The van der Waals surface area contributed by atoms with Crippen LogP contribution in [0.25, 0.3) is 43.8 Å². The highest BCUT2D eigenvalue weighted by molar-refractivity contribution is 6.21. The fourth-order valence-corrected chi connectivity index (χ4v) is 4.39. The number of fused-ring (bicyclic) bond motifs is 2. The van der Waals surface area contributed by atoms with Crippen molar-refractivity contribution < 1.29 is 39.9 Å². The number of ether oxygens (including phenoxy) is 1. The standard InChI is InChI=1S/C27H12F8O/c1-36-13-5-2-11(3-6-13)18-14-7-4-12(28)10-15(14)19(21-17(30)9-8-16(29)20(18)21)22-23(31)25(33)27(35)26(34)24(22)32/h2-10H,1H3. The molecule has 1 nitrogen and oxygen atoms in total. The summed E-state index contributed by atoms with van der Waals surface area (Å²) in [4.78, 5) is 0. The van der Waals surface area contributed by atoms with Crippen molar-refractivity contribution in [2.75, 3.05) is 7.11 Å². The molecule has 0 saturated heterocycles. The quantitative estimate of drug-likeness (QED) is 0.104. The van der Waals surface area contributed by atoms with E-state index < -0.39 is 68.4 Å². The maximum absolute atomic E-state index is 15.3. The molecule has 0 heterocycles. The van der Waals surface area contributed by atoms with Crippen LogP contribution in [0.15, 0.2) is 54.6 Å². The monoisotopic (exact) mass is 504 g/mol. The molecule has 182 valence electrons. The van der Waals surface area contributed by atoms with Crippen molar-refractivity contribution in [2.45, 2.75) is 0 Å². The average Bonchev–Trinajstić information content (AvgIpc) is 2.88. The van der Waals surface area contributed by atoms with E-state index in [1.54, 1.807) is 0 Å². The lowest BCUT2D eigenvalue weighted by molar-refractivity contribution is 0.381. The molecule has 9 heteroatoms. The summed E-state index contributed by atoms with van der Waals surface area (Å²) in [5.74, 6) is -14.3. The number of methoxy groups -OCH3 is 1. The Bertz CT molecular complexity index is 1660. The molecule has 0 aliphatic heterocycles. The third kappa shape index (κ3) is 3.37. The summed E-state index contributed by atoms with van der Waals surface area (Å²) >= 11 is 0. The lowest BCUT2D eigenvalue weighted by Gasteiger charge is -2.20. The Morgan fingerprint density at radius 2 is 1.03 bits per heavy atom. The summed E-state index contributed by atoms with van der Waals surface area (Å²) in [5.41, 5.74) is -2.06. The van der Waals surface area contributed by atoms with Crippen molar-refractivity contribution in [3.8, 4) is 28.0 Å². The van der Waals surface area contributed by atoms with Crippen LogP contribution in [-0.2, 0) is 0 Å². The van der Waals surface area contributed by atoms with Gasteiger partial charge in [-0.1, -0.05) is 18.2 Å². The van der Waals surface area contributed by atoms with E-state index in [0.717, 1.165) is 24.3 Å².